The average molecular weight is 318 g/mol. The van der Waals surface area contributed by atoms with E-state index in [0.717, 1.165) is 17.9 Å². The Morgan fingerprint density at radius 3 is 2.90 bits per heavy atom. The Kier molecular flexibility index (Phi) is 5.54. The van der Waals surface area contributed by atoms with Gasteiger partial charge in [0.2, 0.25) is 5.09 Å². The number of furan rings is 1. The molecule has 1 aliphatic rings. The zero-order valence-corrected chi connectivity index (χ0v) is 13.5. The fourth-order valence-electron chi connectivity index (χ4n) is 1.95. The topological polar surface area (TPSA) is 71.3 Å². The first-order chi connectivity index (χ1) is 9.47. The Hall–Kier alpha value is -0.500. The van der Waals surface area contributed by atoms with Crippen molar-refractivity contribution in [2.24, 2.45) is 5.92 Å². The summed E-state index contributed by atoms with van der Waals surface area (Å²) in [6.45, 7) is 5.09. The molecule has 1 aromatic heterocycles. The summed E-state index contributed by atoms with van der Waals surface area (Å²) >= 11 is 1.88. The van der Waals surface area contributed by atoms with Gasteiger partial charge < -0.3 is 9.73 Å². The molecule has 2 heterocycles. The van der Waals surface area contributed by atoms with Crippen molar-refractivity contribution in [3.8, 4) is 0 Å². The fraction of sp³-hybridized carbons (Fsp3) is 0.692. The molecular formula is C13H22N2O3S2. The second kappa shape index (κ2) is 6.98. The highest BCUT2D eigenvalue weighted by atomic mass is 32.2. The van der Waals surface area contributed by atoms with Crippen LogP contribution in [-0.2, 0) is 16.6 Å². The van der Waals surface area contributed by atoms with Gasteiger partial charge in [0, 0.05) is 12.6 Å². The van der Waals surface area contributed by atoms with Gasteiger partial charge in [-0.3, -0.25) is 0 Å². The van der Waals surface area contributed by atoms with Gasteiger partial charge in [0.15, 0.2) is 0 Å². The first-order valence-corrected chi connectivity index (χ1v) is 9.50. The van der Waals surface area contributed by atoms with Crippen LogP contribution in [-0.4, -0.2) is 32.5 Å². The third kappa shape index (κ3) is 4.51. The molecule has 1 aliphatic heterocycles. The van der Waals surface area contributed by atoms with Crippen molar-refractivity contribution in [3.63, 3.8) is 0 Å². The molecule has 1 saturated heterocycles. The molecule has 2 N–H and O–H groups in total. The van der Waals surface area contributed by atoms with Crippen LogP contribution < -0.4 is 10.0 Å². The van der Waals surface area contributed by atoms with E-state index in [1.807, 2.05) is 25.6 Å². The molecule has 1 atom stereocenters. The summed E-state index contributed by atoms with van der Waals surface area (Å²) in [6, 6.07) is 3.55. The SMILES string of the molecule is CC(C)NCc1ccc(S(=O)(=O)NCC2CCSC2)o1. The summed E-state index contributed by atoms with van der Waals surface area (Å²) in [4.78, 5) is 0. The maximum atomic E-state index is 12.1. The summed E-state index contributed by atoms with van der Waals surface area (Å²) in [6.07, 6.45) is 1.08. The second-order valence-corrected chi connectivity index (χ2v) is 8.19. The van der Waals surface area contributed by atoms with Crippen LogP contribution in [0.1, 0.15) is 26.0 Å². The van der Waals surface area contributed by atoms with E-state index in [0.29, 0.717) is 30.8 Å². The molecule has 0 aliphatic carbocycles. The van der Waals surface area contributed by atoms with Crippen LogP contribution in [0.15, 0.2) is 21.6 Å². The molecule has 2 rings (SSSR count). The molecule has 0 radical (unpaired) electrons. The molecule has 0 saturated carbocycles. The van der Waals surface area contributed by atoms with Crippen LogP contribution in [0.4, 0.5) is 0 Å². The third-order valence-corrected chi connectivity index (χ3v) is 5.70. The molecule has 0 amide bonds. The van der Waals surface area contributed by atoms with Crippen molar-refractivity contribution in [2.45, 2.75) is 37.9 Å². The predicted molar refractivity (Wildman–Crippen MR) is 81.3 cm³/mol. The largest absolute Gasteiger partial charge is 0.447 e. The summed E-state index contributed by atoms with van der Waals surface area (Å²) in [5.41, 5.74) is 0. The minimum absolute atomic E-state index is 0.00343. The maximum absolute atomic E-state index is 12.1. The Bertz CT molecular complexity index is 519. The van der Waals surface area contributed by atoms with Gasteiger partial charge in [-0.05, 0) is 36.0 Å². The van der Waals surface area contributed by atoms with Crippen LogP contribution >= 0.6 is 11.8 Å². The van der Waals surface area contributed by atoms with E-state index in [1.54, 1.807) is 6.07 Å². The number of nitrogens with one attached hydrogen (secondary N) is 2. The lowest BCUT2D eigenvalue weighted by Gasteiger charge is -2.09. The molecule has 1 aromatic rings. The van der Waals surface area contributed by atoms with Crippen molar-refractivity contribution < 1.29 is 12.8 Å². The van der Waals surface area contributed by atoms with Crippen LogP contribution in [0, 0.1) is 5.92 Å². The normalized spacial score (nSPS) is 19.9. The standard InChI is InChI=1S/C13H22N2O3S2/c1-10(2)14-8-12-3-4-13(18-12)20(16,17)15-7-11-5-6-19-9-11/h3-4,10-11,14-15H,5-9H2,1-2H3. The minimum atomic E-state index is -3.52. The number of thioether (sulfide) groups is 1. The summed E-state index contributed by atoms with van der Waals surface area (Å²) in [7, 11) is -3.52. The van der Waals surface area contributed by atoms with Crippen molar-refractivity contribution in [3.05, 3.63) is 17.9 Å². The van der Waals surface area contributed by atoms with Crippen LogP contribution in [0.25, 0.3) is 0 Å². The fourth-order valence-corrected chi connectivity index (χ4v) is 4.29. The first-order valence-electron chi connectivity index (χ1n) is 6.87. The third-order valence-electron chi connectivity index (χ3n) is 3.17. The first kappa shape index (κ1) is 15.9. The van der Waals surface area contributed by atoms with Crippen LogP contribution in [0.3, 0.4) is 0 Å². The Morgan fingerprint density at radius 2 is 2.25 bits per heavy atom. The monoisotopic (exact) mass is 318 g/mol. The highest BCUT2D eigenvalue weighted by molar-refractivity contribution is 7.99. The van der Waals surface area contributed by atoms with Gasteiger partial charge >= 0.3 is 0 Å². The van der Waals surface area contributed by atoms with Crippen molar-refractivity contribution in [1.82, 2.24) is 10.0 Å². The van der Waals surface area contributed by atoms with Crippen molar-refractivity contribution in [1.29, 1.82) is 0 Å². The molecule has 1 fully saturated rings. The lowest BCUT2D eigenvalue weighted by Crippen LogP contribution is -2.29. The highest BCUT2D eigenvalue weighted by Gasteiger charge is 2.22. The van der Waals surface area contributed by atoms with E-state index in [1.165, 1.54) is 6.07 Å². The van der Waals surface area contributed by atoms with Gasteiger partial charge in [0.1, 0.15) is 5.76 Å². The molecule has 0 bridgehead atoms. The Morgan fingerprint density at radius 1 is 1.45 bits per heavy atom. The van der Waals surface area contributed by atoms with Gasteiger partial charge in [-0.2, -0.15) is 11.8 Å². The molecule has 5 nitrogen and oxygen atoms in total. The molecule has 20 heavy (non-hydrogen) atoms. The summed E-state index contributed by atoms with van der Waals surface area (Å²) in [5, 5.41) is 3.19. The zero-order valence-electron chi connectivity index (χ0n) is 11.9. The summed E-state index contributed by atoms with van der Waals surface area (Å²) in [5.74, 6) is 3.23. The van der Waals surface area contributed by atoms with Gasteiger partial charge in [-0.25, -0.2) is 13.1 Å². The smallest absolute Gasteiger partial charge is 0.273 e. The van der Waals surface area contributed by atoms with E-state index in [4.69, 9.17) is 4.42 Å². The van der Waals surface area contributed by atoms with Crippen LogP contribution in [0.2, 0.25) is 0 Å². The van der Waals surface area contributed by atoms with E-state index in [2.05, 4.69) is 10.0 Å². The minimum Gasteiger partial charge on any atom is -0.447 e. The number of hydrogen-bond acceptors (Lipinski definition) is 5. The molecule has 1 unspecified atom stereocenters. The highest BCUT2D eigenvalue weighted by Crippen LogP contribution is 2.23. The Labute approximate surface area is 124 Å². The summed E-state index contributed by atoms with van der Waals surface area (Å²) < 4.78 is 32.3. The van der Waals surface area contributed by atoms with Crippen molar-refractivity contribution >= 4 is 21.8 Å². The molecular weight excluding hydrogens is 296 g/mol. The van der Waals surface area contributed by atoms with Gasteiger partial charge in [0.05, 0.1) is 6.54 Å². The van der Waals surface area contributed by atoms with E-state index >= 15 is 0 Å². The maximum Gasteiger partial charge on any atom is 0.273 e. The number of hydrogen-bond donors (Lipinski definition) is 2. The second-order valence-electron chi connectivity index (χ2n) is 5.34. The van der Waals surface area contributed by atoms with E-state index in [-0.39, 0.29) is 5.09 Å². The molecule has 0 spiro atoms. The van der Waals surface area contributed by atoms with Gasteiger partial charge in [0.25, 0.3) is 10.0 Å². The van der Waals surface area contributed by atoms with Gasteiger partial charge in [-0.1, -0.05) is 13.8 Å². The van der Waals surface area contributed by atoms with Crippen molar-refractivity contribution in [2.75, 3.05) is 18.1 Å². The molecule has 0 aromatic carbocycles. The van der Waals surface area contributed by atoms with E-state index < -0.39 is 10.0 Å². The van der Waals surface area contributed by atoms with Crippen LogP contribution in [0.5, 0.6) is 0 Å². The zero-order chi connectivity index (χ0) is 14.6. The lowest BCUT2D eigenvalue weighted by molar-refractivity contribution is 0.392. The average Bonchev–Trinajstić information content (AvgIpc) is 3.05. The molecule has 7 heteroatoms. The van der Waals surface area contributed by atoms with E-state index in [9.17, 15) is 8.42 Å². The quantitative estimate of drug-likeness (QED) is 0.802. The van der Waals surface area contributed by atoms with Gasteiger partial charge in [-0.15, -0.1) is 0 Å². The number of sulfonamides is 1. The lowest BCUT2D eigenvalue weighted by atomic mass is 10.1. The Balaban J connectivity index is 1.91. The number of rotatable bonds is 7. The predicted octanol–water partition coefficient (Wildman–Crippen LogP) is 1.81. The molecule has 114 valence electrons.